The van der Waals surface area contributed by atoms with Crippen LogP contribution in [0.2, 0.25) is 0 Å². The molecule has 2 aromatic rings. The maximum atomic E-state index is 11.3. The number of fused-ring (bicyclic) bond motifs is 3. The molecule has 0 bridgehead atoms. The van der Waals surface area contributed by atoms with E-state index in [2.05, 4.69) is 5.32 Å². The molecule has 2 N–H and O–H groups in total. The number of benzene rings is 2. The van der Waals surface area contributed by atoms with Crippen molar-refractivity contribution in [3.05, 3.63) is 53.2 Å². The van der Waals surface area contributed by atoms with E-state index in [-0.39, 0.29) is 0 Å². The Bertz CT molecular complexity index is 644. The summed E-state index contributed by atoms with van der Waals surface area (Å²) in [5.41, 5.74) is 2.51. The summed E-state index contributed by atoms with van der Waals surface area (Å²) in [6.45, 7) is 0.742. The third-order valence-corrected chi connectivity index (χ3v) is 3.08. The lowest BCUT2D eigenvalue weighted by atomic mass is 9.93. The zero-order chi connectivity index (χ0) is 11.8. The van der Waals surface area contributed by atoms with E-state index in [1.165, 1.54) is 0 Å². The van der Waals surface area contributed by atoms with Crippen molar-refractivity contribution in [1.82, 2.24) is 5.32 Å². The quantitative estimate of drug-likeness (QED) is 0.784. The Hall–Kier alpha value is -2.29. The summed E-state index contributed by atoms with van der Waals surface area (Å²) < 4.78 is 0. The van der Waals surface area contributed by atoms with Crippen molar-refractivity contribution >= 4 is 22.8 Å². The van der Waals surface area contributed by atoms with Crippen molar-refractivity contribution in [3.63, 3.8) is 0 Å². The molecular formula is C14H11NO2. The first-order valence-electron chi connectivity index (χ1n) is 5.45. The normalized spacial score (nSPS) is 13.2. The Balaban J connectivity index is 2.44. The molecule has 0 spiro atoms. The summed E-state index contributed by atoms with van der Waals surface area (Å²) in [5, 5.41) is 14.2. The summed E-state index contributed by atoms with van der Waals surface area (Å²) in [6, 6.07) is 9.38. The van der Waals surface area contributed by atoms with Crippen LogP contribution in [0.3, 0.4) is 0 Å². The largest absolute Gasteiger partial charge is 0.478 e. The maximum absolute atomic E-state index is 11.3. The van der Waals surface area contributed by atoms with Gasteiger partial charge in [0, 0.05) is 6.54 Å². The average Bonchev–Trinajstić information content (AvgIpc) is 2.37. The van der Waals surface area contributed by atoms with Gasteiger partial charge >= 0.3 is 5.97 Å². The zero-order valence-electron chi connectivity index (χ0n) is 9.10. The van der Waals surface area contributed by atoms with Crippen molar-refractivity contribution in [2.45, 2.75) is 6.54 Å². The lowest BCUT2D eigenvalue weighted by molar-refractivity contribution is 0.0699. The van der Waals surface area contributed by atoms with E-state index in [1.54, 1.807) is 6.07 Å². The molecule has 1 heterocycles. The molecule has 3 heteroatoms. The number of hydrogen-bond donors (Lipinski definition) is 2. The molecule has 0 aromatic heterocycles. The summed E-state index contributed by atoms with van der Waals surface area (Å²) in [4.78, 5) is 11.3. The second-order valence-electron chi connectivity index (χ2n) is 4.06. The Labute approximate surface area is 98.4 Å². The van der Waals surface area contributed by atoms with Crippen LogP contribution >= 0.6 is 0 Å². The Morgan fingerprint density at radius 1 is 1.24 bits per heavy atom. The van der Waals surface area contributed by atoms with Crippen molar-refractivity contribution in [1.29, 1.82) is 0 Å². The highest BCUT2D eigenvalue weighted by Gasteiger charge is 2.15. The minimum atomic E-state index is -0.879. The van der Waals surface area contributed by atoms with Crippen LogP contribution in [0.15, 0.2) is 36.5 Å². The maximum Gasteiger partial charge on any atom is 0.336 e. The van der Waals surface area contributed by atoms with Gasteiger partial charge in [-0.05, 0) is 40.2 Å². The second kappa shape index (κ2) is 3.63. The number of hydrogen-bond acceptors (Lipinski definition) is 2. The monoisotopic (exact) mass is 225 g/mol. The van der Waals surface area contributed by atoms with Crippen LogP contribution in [-0.4, -0.2) is 11.1 Å². The highest BCUT2D eigenvalue weighted by atomic mass is 16.4. The molecule has 0 aliphatic carbocycles. The number of carbonyl (C=O) groups is 1. The minimum absolute atomic E-state index is 0.367. The van der Waals surface area contributed by atoms with Gasteiger partial charge in [0.05, 0.1) is 5.56 Å². The fourth-order valence-electron chi connectivity index (χ4n) is 2.29. The first-order valence-corrected chi connectivity index (χ1v) is 5.45. The molecule has 0 saturated carbocycles. The lowest BCUT2D eigenvalue weighted by Crippen LogP contribution is -2.12. The average molecular weight is 225 g/mol. The van der Waals surface area contributed by atoms with Crippen molar-refractivity contribution < 1.29 is 9.90 Å². The van der Waals surface area contributed by atoms with E-state index in [0.29, 0.717) is 5.56 Å². The number of carboxylic acids is 1. The zero-order valence-corrected chi connectivity index (χ0v) is 9.10. The highest BCUT2D eigenvalue weighted by molar-refractivity contribution is 6.06. The molecule has 1 aliphatic rings. The summed E-state index contributed by atoms with van der Waals surface area (Å²) in [6.07, 6.45) is 3.76. The molecule has 84 valence electrons. The van der Waals surface area contributed by atoms with E-state index in [1.807, 2.05) is 36.5 Å². The number of aromatic carboxylic acids is 1. The van der Waals surface area contributed by atoms with Gasteiger partial charge in [-0.1, -0.05) is 24.3 Å². The van der Waals surface area contributed by atoms with E-state index in [9.17, 15) is 9.90 Å². The smallest absolute Gasteiger partial charge is 0.336 e. The van der Waals surface area contributed by atoms with Gasteiger partial charge in [-0.25, -0.2) is 4.79 Å². The van der Waals surface area contributed by atoms with Crippen molar-refractivity contribution in [2.24, 2.45) is 0 Å². The third kappa shape index (κ3) is 1.47. The molecule has 2 aromatic carbocycles. The molecule has 3 nitrogen and oxygen atoms in total. The first-order chi connectivity index (χ1) is 8.27. The molecular weight excluding hydrogens is 214 g/mol. The van der Waals surface area contributed by atoms with Gasteiger partial charge < -0.3 is 10.4 Å². The second-order valence-corrected chi connectivity index (χ2v) is 4.06. The van der Waals surface area contributed by atoms with Gasteiger partial charge in [0.25, 0.3) is 0 Å². The minimum Gasteiger partial charge on any atom is -0.478 e. The molecule has 0 saturated heterocycles. The Morgan fingerprint density at radius 3 is 2.76 bits per heavy atom. The topological polar surface area (TPSA) is 49.3 Å². The SMILES string of the molecule is O=C(O)c1cc2c(c3ccccc13)CNC=C2. The van der Waals surface area contributed by atoms with Crippen LogP contribution in [0.5, 0.6) is 0 Å². The van der Waals surface area contributed by atoms with Crippen LogP contribution in [0.1, 0.15) is 21.5 Å². The van der Waals surface area contributed by atoms with Crippen LogP contribution in [-0.2, 0) is 6.54 Å². The van der Waals surface area contributed by atoms with Crippen LogP contribution in [0.25, 0.3) is 16.8 Å². The Kier molecular flexibility index (Phi) is 2.11. The summed E-state index contributed by atoms with van der Waals surface area (Å²) in [5.74, 6) is -0.879. The van der Waals surface area contributed by atoms with Crippen LogP contribution in [0.4, 0.5) is 0 Å². The van der Waals surface area contributed by atoms with E-state index in [0.717, 1.165) is 28.4 Å². The predicted molar refractivity (Wildman–Crippen MR) is 66.8 cm³/mol. The van der Waals surface area contributed by atoms with Crippen molar-refractivity contribution in [3.8, 4) is 0 Å². The third-order valence-electron chi connectivity index (χ3n) is 3.08. The molecule has 0 fully saturated rings. The fraction of sp³-hybridized carbons (Fsp3) is 0.0714. The van der Waals surface area contributed by atoms with Gasteiger partial charge in [0.15, 0.2) is 0 Å². The molecule has 3 rings (SSSR count). The van der Waals surface area contributed by atoms with Crippen LogP contribution < -0.4 is 5.32 Å². The van der Waals surface area contributed by atoms with E-state index in [4.69, 9.17) is 0 Å². The number of carboxylic acid groups (broad SMARTS) is 1. The highest BCUT2D eigenvalue weighted by Crippen LogP contribution is 2.28. The van der Waals surface area contributed by atoms with Gasteiger partial charge in [0.2, 0.25) is 0 Å². The Morgan fingerprint density at radius 2 is 2.00 bits per heavy atom. The molecule has 0 unspecified atom stereocenters. The summed E-state index contributed by atoms with van der Waals surface area (Å²) >= 11 is 0. The molecule has 0 atom stereocenters. The summed E-state index contributed by atoms with van der Waals surface area (Å²) in [7, 11) is 0. The van der Waals surface area contributed by atoms with Gasteiger partial charge in [-0.15, -0.1) is 0 Å². The molecule has 0 radical (unpaired) electrons. The predicted octanol–water partition coefficient (Wildman–Crippen LogP) is 2.61. The molecule has 0 amide bonds. The number of nitrogens with one attached hydrogen (secondary N) is 1. The molecule has 1 aliphatic heterocycles. The lowest BCUT2D eigenvalue weighted by Gasteiger charge is -2.16. The van der Waals surface area contributed by atoms with Crippen LogP contribution in [0, 0.1) is 0 Å². The van der Waals surface area contributed by atoms with Gasteiger partial charge in [0.1, 0.15) is 0 Å². The van der Waals surface area contributed by atoms with Gasteiger partial charge in [-0.2, -0.15) is 0 Å². The first kappa shape index (κ1) is 9.90. The number of rotatable bonds is 1. The van der Waals surface area contributed by atoms with E-state index >= 15 is 0 Å². The van der Waals surface area contributed by atoms with Gasteiger partial charge in [-0.3, -0.25) is 0 Å². The standard InChI is InChI=1S/C14H11NO2/c16-14(17)12-7-9-5-6-15-8-13(9)11-4-2-1-3-10(11)12/h1-7,15H,8H2,(H,16,17). The fourth-order valence-corrected chi connectivity index (χ4v) is 2.29. The molecule has 17 heavy (non-hydrogen) atoms. The van der Waals surface area contributed by atoms with E-state index < -0.39 is 5.97 Å². The van der Waals surface area contributed by atoms with Crippen molar-refractivity contribution in [2.75, 3.05) is 0 Å².